The normalized spacial score (nSPS) is 10.8. The van der Waals surface area contributed by atoms with E-state index in [0.717, 1.165) is 11.1 Å². The van der Waals surface area contributed by atoms with E-state index in [1.165, 1.54) is 6.08 Å². The highest BCUT2D eigenvalue weighted by Gasteiger charge is 2.12. The second-order valence-electron chi connectivity index (χ2n) is 5.79. The number of hydrogen-bond acceptors (Lipinski definition) is 4. The van der Waals surface area contributed by atoms with Crippen LogP contribution in [-0.4, -0.2) is 19.6 Å². The molecule has 0 fully saturated rings. The van der Waals surface area contributed by atoms with Crippen molar-refractivity contribution in [2.24, 2.45) is 0 Å². The van der Waals surface area contributed by atoms with Gasteiger partial charge in [-0.1, -0.05) is 18.2 Å². The third-order valence-corrected chi connectivity index (χ3v) is 3.80. The molecule has 0 aromatic heterocycles. The number of carbonyl (C=O) groups is 1. The van der Waals surface area contributed by atoms with Gasteiger partial charge in [0.2, 0.25) is 0 Å². The van der Waals surface area contributed by atoms with Crippen molar-refractivity contribution in [3.8, 4) is 17.6 Å². The number of amides is 1. The molecule has 2 aromatic rings. The van der Waals surface area contributed by atoms with Crippen molar-refractivity contribution in [1.29, 1.82) is 5.26 Å². The first-order valence-corrected chi connectivity index (χ1v) is 8.29. The molecule has 2 aromatic carbocycles. The number of ether oxygens (including phenoxy) is 2. The molecule has 0 aliphatic rings. The number of nitrogens with zero attached hydrogens (tertiary/aromatic N) is 1. The van der Waals surface area contributed by atoms with E-state index in [0.29, 0.717) is 29.4 Å². The standard InChI is InChI=1S/C21H22N2O3/c1-5-26-19-9-8-16(12-20(19)25-4)11-17(13-22)21(24)23-18-10-14(2)6-7-15(18)3/h6-12H,5H2,1-4H3,(H,23,24)/b17-11-. The molecule has 26 heavy (non-hydrogen) atoms. The maximum atomic E-state index is 12.5. The highest BCUT2D eigenvalue weighted by Crippen LogP contribution is 2.29. The van der Waals surface area contributed by atoms with Crippen LogP contribution in [0.1, 0.15) is 23.6 Å². The number of methoxy groups -OCH3 is 1. The van der Waals surface area contributed by atoms with E-state index < -0.39 is 5.91 Å². The van der Waals surface area contributed by atoms with Crippen molar-refractivity contribution in [2.45, 2.75) is 20.8 Å². The molecule has 0 radical (unpaired) electrons. The van der Waals surface area contributed by atoms with Gasteiger partial charge < -0.3 is 14.8 Å². The van der Waals surface area contributed by atoms with Crippen LogP contribution in [0.3, 0.4) is 0 Å². The summed E-state index contributed by atoms with van der Waals surface area (Å²) in [5.74, 6) is 0.715. The highest BCUT2D eigenvalue weighted by molar-refractivity contribution is 6.10. The Labute approximate surface area is 153 Å². The zero-order chi connectivity index (χ0) is 19.1. The molecule has 0 saturated carbocycles. The van der Waals surface area contributed by atoms with Gasteiger partial charge in [-0.25, -0.2) is 0 Å². The van der Waals surface area contributed by atoms with Crippen LogP contribution in [0.15, 0.2) is 42.0 Å². The Hall–Kier alpha value is -3.26. The van der Waals surface area contributed by atoms with Crippen LogP contribution in [-0.2, 0) is 4.79 Å². The van der Waals surface area contributed by atoms with Crippen LogP contribution < -0.4 is 14.8 Å². The Morgan fingerprint density at radius 1 is 1.19 bits per heavy atom. The maximum absolute atomic E-state index is 12.5. The van der Waals surface area contributed by atoms with Gasteiger partial charge in [0.15, 0.2) is 11.5 Å². The fraction of sp³-hybridized carbons (Fsp3) is 0.238. The molecular formula is C21H22N2O3. The van der Waals surface area contributed by atoms with Gasteiger partial charge in [0.05, 0.1) is 13.7 Å². The van der Waals surface area contributed by atoms with Gasteiger partial charge in [-0.15, -0.1) is 0 Å². The van der Waals surface area contributed by atoms with Gasteiger partial charge in [0, 0.05) is 5.69 Å². The highest BCUT2D eigenvalue weighted by atomic mass is 16.5. The molecule has 0 spiro atoms. The van der Waals surface area contributed by atoms with Crippen LogP contribution in [0.25, 0.3) is 6.08 Å². The van der Waals surface area contributed by atoms with Gasteiger partial charge >= 0.3 is 0 Å². The summed E-state index contributed by atoms with van der Waals surface area (Å²) in [6.07, 6.45) is 1.53. The van der Waals surface area contributed by atoms with Gasteiger partial charge in [0.25, 0.3) is 5.91 Å². The average Bonchev–Trinajstić information content (AvgIpc) is 2.63. The monoisotopic (exact) mass is 350 g/mol. The van der Waals surface area contributed by atoms with E-state index in [9.17, 15) is 10.1 Å². The van der Waals surface area contributed by atoms with E-state index >= 15 is 0 Å². The van der Waals surface area contributed by atoms with E-state index in [4.69, 9.17) is 9.47 Å². The molecule has 0 aliphatic heterocycles. The summed E-state index contributed by atoms with van der Waals surface area (Å²) in [7, 11) is 1.55. The molecule has 0 unspecified atom stereocenters. The SMILES string of the molecule is CCOc1ccc(/C=C(/C#N)C(=O)Nc2cc(C)ccc2C)cc1OC. The molecule has 134 valence electrons. The van der Waals surface area contributed by atoms with Gasteiger partial charge in [-0.3, -0.25) is 4.79 Å². The van der Waals surface area contributed by atoms with E-state index in [1.807, 2.05) is 45.0 Å². The Kier molecular flexibility index (Phi) is 6.40. The lowest BCUT2D eigenvalue weighted by Gasteiger charge is -2.10. The zero-order valence-corrected chi connectivity index (χ0v) is 15.4. The quantitative estimate of drug-likeness (QED) is 0.624. The number of aryl methyl sites for hydroxylation is 2. The van der Waals surface area contributed by atoms with Crippen molar-refractivity contribution >= 4 is 17.7 Å². The smallest absolute Gasteiger partial charge is 0.266 e. The Bertz CT molecular complexity index is 879. The molecular weight excluding hydrogens is 328 g/mol. The first-order chi connectivity index (χ1) is 12.5. The molecule has 2 rings (SSSR count). The summed E-state index contributed by atoms with van der Waals surface area (Å²) in [5.41, 5.74) is 3.35. The van der Waals surface area contributed by atoms with Crippen LogP contribution >= 0.6 is 0 Å². The van der Waals surface area contributed by atoms with Crippen molar-refractivity contribution < 1.29 is 14.3 Å². The molecule has 0 atom stereocenters. The second-order valence-corrected chi connectivity index (χ2v) is 5.79. The topological polar surface area (TPSA) is 71.3 Å². The summed E-state index contributed by atoms with van der Waals surface area (Å²) in [5, 5.41) is 12.2. The number of nitriles is 1. The molecule has 0 aliphatic carbocycles. The molecule has 0 bridgehead atoms. The third kappa shape index (κ3) is 4.64. The molecule has 0 saturated heterocycles. The predicted octanol–water partition coefficient (Wildman–Crippen LogP) is 4.26. The minimum Gasteiger partial charge on any atom is -0.493 e. The maximum Gasteiger partial charge on any atom is 0.266 e. The lowest BCUT2D eigenvalue weighted by atomic mass is 10.1. The van der Waals surface area contributed by atoms with E-state index in [1.54, 1.807) is 25.3 Å². The summed E-state index contributed by atoms with van der Waals surface area (Å²) in [4.78, 5) is 12.5. The summed E-state index contributed by atoms with van der Waals surface area (Å²) < 4.78 is 10.8. The first-order valence-electron chi connectivity index (χ1n) is 8.29. The lowest BCUT2D eigenvalue weighted by molar-refractivity contribution is -0.112. The number of anilines is 1. The van der Waals surface area contributed by atoms with E-state index in [-0.39, 0.29) is 5.57 Å². The molecule has 0 heterocycles. The number of nitrogens with one attached hydrogen (secondary N) is 1. The van der Waals surface area contributed by atoms with Crippen LogP contribution in [0.2, 0.25) is 0 Å². The molecule has 1 N–H and O–H groups in total. The van der Waals surface area contributed by atoms with E-state index in [2.05, 4.69) is 5.32 Å². The van der Waals surface area contributed by atoms with Crippen molar-refractivity contribution in [1.82, 2.24) is 0 Å². The lowest BCUT2D eigenvalue weighted by Crippen LogP contribution is -2.14. The fourth-order valence-corrected chi connectivity index (χ4v) is 2.42. The Morgan fingerprint density at radius 3 is 2.62 bits per heavy atom. The number of carbonyl (C=O) groups excluding carboxylic acids is 1. The van der Waals surface area contributed by atoms with Gasteiger partial charge in [0.1, 0.15) is 11.6 Å². The molecule has 1 amide bonds. The molecule has 5 heteroatoms. The summed E-state index contributed by atoms with van der Waals surface area (Å²) in [6.45, 7) is 6.26. The molecule has 5 nitrogen and oxygen atoms in total. The van der Waals surface area contributed by atoms with Crippen LogP contribution in [0.5, 0.6) is 11.5 Å². The van der Waals surface area contributed by atoms with Crippen LogP contribution in [0, 0.1) is 25.2 Å². The minimum atomic E-state index is -0.450. The second kappa shape index (κ2) is 8.72. The number of benzene rings is 2. The summed E-state index contributed by atoms with van der Waals surface area (Å²) >= 11 is 0. The zero-order valence-electron chi connectivity index (χ0n) is 15.4. The van der Waals surface area contributed by atoms with Gasteiger partial charge in [-0.2, -0.15) is 5.26 Å². The largest absolute Gasteiger partial charge is 0.493 e. The van der Waals surface area contributed by atoms with Crippen LogP contribution in [0.4, 0.5) is 5.69 Å². The fourth-order valence-electron chi connectivity index (χ4n) is 2.42. The first kappa shape index (κ1) is 19.1. The van der Waals surface area contributed by atoms with Gasteiger partial charge in [-0.05, 0) is 61.7 Å². The summed E-state index contributed by atoms with van der Waals surface area (Å²) in [6, 6.07) is 13.0. The Morgan fingerprint density at radius 2 is 1.96 bits per heavy atom. The number of hydrogen-bond donors (Lipinski definition) is 1. The van der Waals surface area contributed by atoms with Crippen molar-refractivity contribution in [3.05, 3.63) is 58.7 Å². The van der Waals surface area contributed by atoms with Crippen molar-refractivity contribution in [2.75, 3.05) is 19.0 Å². The van der Waals surface area contributed by atoms with Crippen molar-refractivity contribution in [3.63, 3.8) is 0 Å². The number of rotatable bonds is 6. The minimum absolute atomic E-state index is 0.0112. The predicted molar refractivity (Wildman–Crippen MR) is 102 cm³/mol. The third-order valence-electron chi connectivity index (χ3n) is 3.80. The average molecular weight is 350 g/mol. The Balaban J connectivity index is 2.28.